The van der Waals surface area contributed by atoms with Crippen LogP contribution in [0.15, 0.2) is 24.5 Å². The van der Waals surface area contributed by atoms with Crippen molar-refractivity contribution in [3.05, 3.63) is 30.1 Å². The molecular weight excluding hydrogens is 192 g/mol. The largest absolute Gasteiger partial charge is 0.481 e. The number of pyridine rings is 1. The quantitative estimate of drug-likeness (QED) is 0.725. The number of hydrogen-bond acceptors (Lipinski definition) is 3. The number of aromatic nitrogens is 1. The maximum Gasteiger partial charge on any atom is 0.314 e. The van der Waals surface area contributed by atoms with E-state index in [0.29, 0.717) is 0 Å². The summed E-state index contributed by atoms with van der Waals surface area (Å²) in [7, 11) is 0. The highest BCUT2D eigenvalue weighted by Gasteiger charge is 2.72. The normalized spacial score (nSPS) is 37.3. The van der Waals surface area contributed by atoms with Crippen LogP contribution in [0.2, 0.25) is 0 Å². The third kappa shape index (κ3) is 0.946. The van der Waals surface area contributed by atoms with Gasteiger partial charge in [0, 0.05) is 12.4 Å². The third-order valence-corrected chi connectivity index (χ3v) is 3.77. The standard InChI is InChI=1S/C11H12N2O2/c14-10(15)11(7-2-1-3-12-4-7)8-5-13-6-9(8)11/h1-4,8-9,13H,5-6H2,(H,14,15). The first kappa shape index (κ1) is 8.85. The average Bonchev–Trinajstić information content (AvgIpc) is 2.65. The molecule has 2 heterocycles. The van der Waals surface area contributed by atoms with Gasteiger partial charge in [-0.1, -0.05) is 6.07 Å². The second-order valence-corrected chi connectivity index (χ2v) is 4.29. The summed E-state index contributed by atoms with van der Waals surface area (Å²) in [5.41, 5.74) is 0.202. The van der Waals surface area contributed by atoms with Crippen LogP contribution in [0.3, 0.4) is 0 Å². The van der Waals surface area contributed by atoms with Crippen LogP contribution in [0.5, 0.6) is 0 Å². The predicted molar refractivity (Wildman–Crippen MR) is 53.4 cm³/mol. The Balaban J connectivity index is 2.05. The van der Waals surface area contributed by atoms with Gasteiger partial charge in [0.15, 0.2) is 0 Å². The molecule has 3 rings (SSSR count). The van der Waals surface area contributed by atoms with Crippen LogP contribution in [0.1, 0.15) is 5.56 Å². The molecule has 0 spiro atoms. The number of nitrogens with one attached hydrogen (secondary N) is 1. The molecule has 0 aromatic carbocycles. The fraction of sp³-hybridized carbons (Fsp3) is 0.455. The van der Waals surface area contributed by atoms with Crippen LogP contribution in [0, 0.1) is 11.8 Å². The Morgan fingerprint density at radius 1 is 1.53 bits per heavy atom. The van der Waals surface area contributed by atoms with Crippen LogP contribution in [-0.4, -0.2) is 29.1 Å². The van der Waals surface area contributed by atoms with Crippen LogP contribution >= 0.6 is 0 Å². The molecule has 2 atom stereocenters. The molecule has 1 aliphatic carbocycles. The zero-order valence-electron chi connectivity index (χ0n) is 8.18. The number of fused-ring (bicyclic) bond motifs is 1. The molecule has 2 unspecified atom stereocenters. The molecule has 15 heavy (non-hydrogen) atoms. The first-order valence-corrected chi connectivity index (χ1v) is 5.12. The van der Waals surface area contributed by atoms with Gasteiger partial charge < -0.3 is 10.4 Å². The summed E-state index contributed by atoms with van der Waals surface area (Å²) >= 11 is 0. The first-order chi connectivity index (χ1) is 7.28. The summed E-state index contributed by atoms with van der Waals surface area (Å²) in [6.45, 7) is 1.62. The number of nitrogens with zero attached hydrogens (tertiary/aromatic N) is 1. The molecule has 1 saturated carbocycles. The molecule has 0 amide bonds. The third-order valence-electron chi connectivity index (χ3n) is 3.77. The number of hydrogen-bond donors (Lipinski definition) is 2. The van der Waals surface area contributed by atoms with E-state index in [-0.39, 0.29) is 11.8 Å². The predicted octanol–water partition coefficient (Wildman–Crippen LogP) is 0.253. The van der Waals surface area contributed by atoms with Gasteiger partial charge in [-0.2, -0.15) is 0 Å². The van der Waals surface area contributed by atoms with Crippen molar-refractivity contribution < 1.29 is 9.90 Å². The lowest BCUT2D eigenvalue weighted by Crippen LogP contribution is -2.32. The number of rotatable bonds is 2. The lowest BCUT2D eigenvalue weighted by molar-refractivity contribution is -0.141. The first-order valence-electron chi connectivity index (χ1n) is 5.12. The molecule has 2 aliphatic rings. The number of carboxylic acid groups (broad SMARTS) is 1. The average molecular weight is 204 g/mol. The Labute approximate surface area is 87.3 Å². The van der Waals surface area contributed by atoms with Gasteiger partial charge in [0.1, 0.15) is 5.41 Å². The van der Waals surface area contributed by atoms with Gasteiger partial charge in [0.05, 0.1) is 0 Å². The zero-order valence-corrected chi connectivity index (χ0v) is 8.18. The fourth-order valence-corrected chi connectivity index (χ4v) is 3.02. The van der Waals surface area contributed by atoms with Gasteiger partial charge in [-0.3, -0.25) is 9.78 Å². The number of carboxylic acids is 1. The van der Waals surface area contributed by atoms with E-state index in [1.54, 1.807) is 12.4 Å². The molecule has 1 aliphatic heterocycles. The molecule has 1 aromatic rings. The Kier molecular flexibility index (Phi) is 1.65. The summed E-state index contributed by atoms with van der Waals surface area (Å²) in [6, 6.07) is 3.68. The van der Waals surface area contributed by atoms with Gasteiger partial charge in [0.2, 0.25) is 0 Å². The maximum atomic E-state index is 11.4. The van der Waals surface area contributed by atoms with Crippen LogP contribution in [0.4, 0.5) is 0 Å². The van der Waals surface area contributed by atoms with Crippen molar-refractivity contribution in [3.63, 3.8) is 0 Å². The van der Waals surface area contributed by atoms with Gasteiger partial charge in [-0.15, -0.1) is 0 Å². The van der Waals surface area contributed by atoms with Crippen molar-refractivity contribution in [2.75, 3.05) is 13.1 Å². The van der Waals surface area contributed by atoms with Crippen LogP contribution < -0.4 is 5.32 Å². The molecule has 0 bridgehead atoms. The van der Waals surface area contributed by atoms with E-state index in [1.807, 2.05) is 12.1 Å². The Bertz CT molecular complexity index is 394. The van der Waals surface area contributed by atoms with Crippen LogP contribution in [-0.2, 0) is 10.2 Å². The summed E-state index contributed by atoms with van der Waals surface area (Å²) in [5, 5.41) is 12.6. The molecular formula is C11H12N2O2. The lowest BCUT2D eigenvalue weighted by Gasteiger charge is -2.16. The summed E-state index contributed by atoms with van der Waals surface area (Å²) in [5.74, 6) is -0.203. The van der Waals surface area contributed by atoms with E-state index in [9.17, 15) is 9.90 Å². The molecule has 2 N–H and O–H groups in total. The Morgan fingerprint density at radius 2 is 2.27 bits per heavy atom. The minimum absolute atomic E-state index is 0.249. The monoisotopic (exact) mass is 204 g/mol. The number of carbonyl (C=O) groups is 1. The van der Waals surface area contributed by atoms with Crippen molar-refractivity contribution in [3.8, 4) is 0 Å². The van der Waals surface area contributed by atoms with Crippen molar-refractivity contribution in [1.82, 2.24) is 10.3 Å². The molecule has 2 fully saturated rings. The molecule has 0 radical (unpaired) electrons. The van der Waals surface area contributed by atoms with E-state index < -0.39 is 11.4 Å². The van der Waals surface area contributed by atoms with E-state index in [2.05, 4.69) is 10.3 Å². The molecule has 1 saturated heterocycles. The van der Waals surface area contributed by atoms with Gasteiger partial charge in [-0.05, 0) is 36.6 Å². The Hall–Kier alpha value is -1.42. The molecule has 4 nitrogen and oxygen atoms in total. The highest BCUT2D eigenvalue weighted by Crippen LogP contribution is 2.61. The summed E-state index contributed by atoms with van der Waals surface area (Å²) in [6.07, 6.45) is 3.36. The van der Waals surface area contributed by atoms with Gasteiger partial charge >= 0.3 is 5.97 Å². The fourth-order valence-electron chi connectivity index (χ4n) is 3.02. The maximum absolute atomic E-state index is 11.4. The van der Waals surface area contributed by atoms with Crippen molar-refractivity contribution in [1.29, 1.82) is 0 Å². The molecule has 78 valence electrons. The molecule has 1 aromatic heterocycles. The van der Waals surface area contributed by atoms with Crippen molar-refractivity contribution in [2.45, 2.75) is 5.41 Å². The van der Waals surface area contributed by atoms with E-state index >= 15 is 0 Å². The van der Waals surface area contributed by atoms with E-state index in [1.165, 1.54) is 0 Å². The molecule has 4 heteroatoms. The van der Waals surface area contributed by atoms with Gasteiger partial charge in [0.25, 0.3) is 0 Å². The van der Waals surface area contributed by atoms with Gasteiger partial charge in [-0.25, -0.2) is 0 Å². The lowest BCUT2D eigenvalue weighted by atomic mass is 9.92. The summed E-state index contributed by atoms with van der Waals surface area (Å²) in [4.78, 5) is 15.5. The zero-order chi connectivity index (χ0) is 10.5. The topological polar surface area (TPSA) is 62.2 Å². The minimum Gasteiger partial charge on any atom is -0.481 e. The van der Waals surface area contributed by atoms with Crippen molar-refractivity contribution in [2.24, 2.45) is 11.8 Å². The number of aliphatic carboxylic acids is 1. The van der Waals surface area contributed by atoms with Crippen LogP contribution in [0.25, 0.3) is 0 Å². The second kappa shape index (κ2) is 2.79. The Morgan fingerprint density at radius 3 is 2.80 bits per heavy atom. The number of piperidine rings is 1. The van der Waals surface area contributed by atoms with Crippen molar-refractivity contribution >= 4 is 5.97 Å². The minimum atomic E-state index is -0.702. The van der Waals surface area contributed by atoms with E-state index in [0.717, 1.165) is 18.7 Å². The SMILES string of the molecule is O=C(O)C1(c2cccnc2)C2CNCC21. The highest BCUT2D eigenvalue weighted by molar-refractivity contribution is 5.87. The summed E-state index contributed by atoms with van der Waals surface area (Å²) < 4.78 is 0. The smallest absolute Gasteiger partial charge is 0.314 e. The van der Waals surface area contributed by atoms with E-state index in [4.69, 9.17) is 0 Å². The highest BCUT2D eigenvalue weighted by atomic mass is 16.4. The second-order valence-electron chi connectivity index (χ2n) is 4.29.